The molecule has 0 bridgehead atoms. The van der Waals surface area contributed by atoms with Crippen molar-refractivity contribution in [3.63, 3.8) is 0 Å². The van der Waals surface area contributed by atoms with E-state index in [1.807, 2.05) is 5.32 Å². The van der Waals surface area contributed by atoms with E-state index in [-0.39, 0.29) is 23.5 Å². The molecule has 2 aromatic rings. The smallest absolute Gasteiger partial charge is 0.338 e. The molecule has 1 aromatic heterocycles. The molecule has 0 saturated carbocycles. The number of ether oxygens (including phenoxy) is 1. The second kappa shape index (κ2) is 9.67. The zero-order chi connectivity index (χ0) is 20.6. The highest BCUT2D eigenvalue weighted by Crippen LogP contribution is 2.11. The van der Waals surface area contributed by atoms with Gasteiger partial charge in [-0.25, -0.2) is 22.7 Å². The van der Waals surface area contributed by atoms with Crippen LogP contribution in [0, 0.1) is 0 Å². The molecule has 0 unspecified atom stereocenters. The highest BCUT2D eigenvalue weighted by Gasteiger charge is 2.16. The number of sulfonamides is 1. The number of carbonyl (C=O) groups excluding carboxylic acids is 3. The molecule has 0 saturated heterocycles. The molecule has 1 heterocycles. The van der Waals surface area contributed by atoms with Gasteiger partial charge in [0.25, 0.3) is 5.91 Å². The maximum absolute atomic E-state index is 11.9. The van der Waals surface area contributed by atoms with Crippen LogP contribution in [0.1, 0.15) is 23.0 Å². The molecule has 0 atom stereocenters. The average molecular weight is 409 g/mol. The molecule has 10 nitrogen and oxygen atoms in total. The summed E-state index contributed by atoms with van der Waals surface area (Å²) >= 11 is 0. The minimum Gasteiger partial charge on any atom is -0.467 e. The number of nitrogens with one attached hydrogen (secondary N) is 3. The van der Waals surface area contributed by atoms with E-state index in [4.69, 9.17) is 9.15 Å². The van der Waals surface area contributed by atoms with Gasteiger partial charge in [-0.1, -0.05) is 6.92 Å². The van der Waals surface area contributed by atoms with Crippen LogP contribution in [0.3, 0.4) is 0 Å². The normalized spacial score (nSPS) is 10.9. The fourth-order valence-corrected chi connectivity index (χ4v) is 3.09. The van der Waals surface area contributed by atoms with Crippen molar-refractivity contribution in [3.8, 4) is 0 Å². The highest BCUT2D eigenvalue weighted by atomic mass is 32.2. The van der Waals surface area contributed by atoms with Crippen molar-refractivity contribution in [1.82, 2.24) is 15.4 Å². The lowest BCUT2D eigenvalue weighted by molar-refractivity contribution is -0.123. The Labute approximate surface area is 161 Å². The van der Waals surface area contributed by atoms with Gasteiger partial charge in [0.05, 0.1) is 23.3 Å². The lowest BCUT2D eigenvalue weighted by Gasteiger charge is -2.08. The van der Waals surface area contributed by atoms with Gasteiger partial charge >= 0.3 is 12.0 Å². The Morgan fingerprint density at radius 1 is 1.11 bits per heavy atom. The molecule has 3 N–H and O–H groups in total. The number of furan rings is 1. The van der Waals surface area contributed by atoms with Crippen LogP contribution in [-0.4, -0.2) is 39.5 Å². The number of esters is 1. The summed E-state index contributed by atoms with van der Waals surface area (Å²) in [5, 5.41) is 4.39. The van der Waals surface area contributed by atoms with Crippen LogP contribution in [0.25, 0.3) is 0 Å². The van der Waals surface area contributed by atoms with Gasteiger partial charge in [-0.15, -0.1) is 0 Å². The third-order valence-electron chi connectivity index (χ3n) is 3.33. The third-order valence-corrected chi connectivity index (χ3v) is 4.89. The Balaban J connectivity index is 1.79. The number of hydrogen-bond donors (Lipinski definition) is 3. The maximum Gasteiger partial charge on any atom is 0.338 e. The quantitative estimate of drug-likeness (QED) is 0.546. The largest absolute Gasteiger partial charge is 0.467 e. The fourth-order valence-electron chi connectivity index (χ4n) is 2.05. The van der Waals surface area contributed by atoms with Gasteiger partial charge in [0.1, 0.15) is 5.76 Å². The van der Waals surface area contributed by atoms with Gasteiger partial charge in [-0.2, -0.15) is 0 Å². The Bertz CT molecular complexity index is 922. The van der Waals surface area contributed by atoms with Crippen molar-refractivity contribution in [2.24, 2.45) is 0 Å². The van der Waals surface area contributed by atoms with Gasteiger partial charge in [0.15, 0.2) is 6.61 Å². The summed E-state index contributed by atoms with van der Waals surface area (Å²) in [5.41, 5.74) is 0.0607. The summed E-state index contributed by atoms with van der Waals surface area (Å²) < 4.78 is 35.8. The third kappa shape index (κ3) is 6.21. The molecule has 0 radical (unpaired) electrons. The van der Waals surface area contributed by atoms with Gasteiger partial charge in [-0.3, -0.25) is 10.1 Å². The van der Waals surface area contributed by atoms with Crippen molar-refractivity contribution in [1.29, 1.82) is 0 Å². The lowest BCUT2D eigenvalue weighted by Crippen LogP contribution is -2.41. The number of carbonyl (C=O) groups is 3. The predicted octanol–water partition coefficient (Wildman–Crippen LogP) is 0.761. The van der Waals surface area contributed by atoms with E-state index in [0.717, 1.165) is 0 Å². The first kappa shape index (κ1) is 21.1. The second-order valence-corrected chi connectivity index (χ2v) is 7.18. The SMILES string of the molecule is CCNS(=O)(=O)c1ccc(C(=O)OCC(=O)NC(=O)NCc2ccco2)cc1. The van der Waals surface area contributed by atoms with Crippen LogP contribution in [0.5, 0.6) is 0 Å². The minimum absolute atomic E-state index is 0.00290. The van der Waals surface area contributed by atoms with Crippen molar-refractivity contribution in [2.75, 3.05) is 13.2 Å². The van der Waals surface area contributed by atoms with Crippen LogP contribution in [0.2, 0.25) is 0 Å². The van der Waals surface area contributed by atoms with Crippen molar-refractivity contribution in [3.05, 3.63) is 54.0 Å². The zero-order valence-electron chi connectivity index (χ0n) is 14.9. The number of hydrogen-bond acceptors (Lipinski definition) is 7. The van der Waals surface area contributed by atoms with Gasteiger partial charge < -0.3 is 14.5 Å². The Hall–Kier alpha value is -3.18. The molecule has 0 aliphatic heterocycles. The van der Waals surface area contributed by atoms with Crippen LogP contribution < -0.4 is 15.4 Å². The number of imide groups is 1. The molecular weight excluding hydrogens is 390 g/mol. The standard InChI is InChI=1S/C17H19N3O7S/c1-2-19-28(24,25)14-7-5-12(6-8-14)16(22)27-11-15(21)20-17(23)18-10-13-4-3-9-26-13/h3-9,19H,2,10-11H2,1H3,(H2,18,20,21,23). The Morgan fingerprint density at radius 2 is 1.82 bits per heavy atom. The van der Waals surface area contributed by atoms with Crippen LogP contribution >= 0.6 is 0 Å². The predicted molar refractivity (Wildman–Crippen MR) is 96.7 cm³/mol. The second-order valence-electron chi connectivity index (χ2n) is 5.41. The first-order chi connectivity index (χ1) is 13.3. The minimum atomic E-state index is -3.63. The van der Waals surface area contributed by atoms with Gasteiger partial charge in [0.2, 0.25) is 10.0 Å². The number of urea groups is 1. The summed E-state index contributed by atoms with van der Waals surface area (Å²) in [7, 11) is -3.63. The molecular formula is C17H19N3O7S. The monoisotopic (exact) mass is 409 g/mol. The van der Waals surface area contributed by atoms with Crippen molar-refractivity contribution >= 4 is 27.9 Å². The van der Waals surface area contributed by atoms with E-state index in [9.17, 15) is 22.8 Å². The molecule has 11 heteroatoms. The van der Waals surface area contributed by atoms with Crippen LogP contribution in [0.15, 0.2) is 52.0 Å². The summed E-state index contributed by atoms with van der Waals surface area (Å²) in [4.78, 5) is 35.1. The number of benzene rings is 1. The van der Waals surface area contributed by atoms with E-state index in [1.165, 1.54) is 30.5 Å². The number of amides is 3. The molecule has 0 spiro atoms. The van der Waals surface area contributed by atoms with E-state index in [2.05, 4.69) is 10.0 Å². The molecule has 3 amide bonds. The lowest BCUT2D eigenvalue weighted by atomic mass is 10.2. The highest BCUT2D eigenvalue weighted by molar-refractivity contribution is 7.89. The van der Waals surface area contributed by atoms with Crippen molar-refractivity contribution < 1.29 is 32.0 Å². The molecule has 150 valence electrons. The summed E-state index contributed by atoms with van der Waals surface area (Å²) in [5.74, 6) is -1.15. The van der Waals surface area contributed by atoms with E-state index >= 15 is 0 Å². The topological polar surface area (TPSA) is 144 Å². The summed E-state index contributed by atoms with van der Waals surface area (Å²) in [6.45, 7) is 1.29. The van der Waals surface area contributed by atoms with E-state index in [1.54, 1.807) is 19.1 Å². The number of rotatable bonds is 8. The van der Waals surface area contributed by atoms with Crippen LogP contribution in [0.4, 0.5) is 4.79 Å². The molecule has 1 aromatic carbocycles. The zero-order valence-corrected chi connectivity index (χ0v) is 15.7. The fraction of sp³-hybridized carbons (Fsp3) is 0.235. The molecule has 0 aliphatic rings. The molecule has 2 rings (SSSR count). The van der Waals surface area contributed by atoms with E-state index in [0.29, 0.717) is 5.76 Å². The van der Waals surface area contributed by atoms with Gasteiger partial charge in [0, 0.05) is 6.54 Å². The van der Waals surface area contributed by atoms with Crippen molar-refractivity contribution in [2.45, 2.75) is 18.4 Å². The maximum atomic E-state index is 11.9. The van der Waals surface area contributed by atoms with E-state index < -0.39 is 34.5 Å². The van der Waals surface area contributed by atoms with Gasteiger partial charge in [-0.05, 0) is 36.4 Å². The Kier molecular flexibility index (Phi) is 7.29. The first-order valence-corrected chi connectivity index (χ1v) is 9.67. The molecule has 0 fully saturated rings. The van der Waals surface area contributed by atoms with Crippen LogP contribution in [-0.2, 0) is 26.1 Å². The Morgan fingerprint density at radius 3 is 2.43 bits per heavy atom. The first-order valence-electron chi connectivity index (χ1n) is 8.18. The summed E-state index contributed by atoms with van der Waals surface area (Å²) in [6.07, 6.45) is 1.45. The summed E-state index contributed by atoms with van der Waals surface area (Å²) in [6, 6.07) is 7.56. The molecule has 28 heavy (non-hydrogen) atoms. The average Bonchev–Trinajstić information content (AvgIpc) is 3.18. The molecule has 0 aliphatic carbocycles.